The number of hydrogen-bond donors (Lipinski definition) is 0. The molecule has 0 aliphatic carbocycles. The van der Waals surface area contributed by atoms with E-state index in [0.717, 1.165) is 12.8 Å². The van der Waals surface area contributed by atoms with E-state index >= 15 is 0 Å². The molecule has 1 fully saturated rings. The Morgan fingerprint density at radius 3 is 2.48 bits per heavy atom. The van der Waals surface area contributed by atoms with Crippen molar-refractivity contribution in [3.05, 3.63) is 23.2 Å². The zero-order valence-electron chi connectivity index (χ0n) is 15.2. The minimum absolute atomic E-state index is 0.0515. The summed E-state index contributed by atoms with van der Waals surface area (Å²) in [5.74, 6) is -0.146. The number of amides is 2. The van der Waals surface area contributed by atoms with Crippen molar-refractivity contribution in [2.24, 2.45) is 0 Å². The number of nitrogens with zero attached hydrogens (tertiary/aromatic N) is 4. The Hall–Kier alpha value is -1.89. The molecule has 1 aromatic rings. The van der Waals surface area contributed by atoms with E-state index in [2.05, 4.69) is 9.97 Å². The minimum Gasteiger partial charge on any atom is -0.444 e. The first-order valence-corrected chi connectivity index (χ1v) is 8.78. The van der Waals surface area contributed by atoms with Crippen LogP contribution in [0.15, 0.2) is 12.4 Å². The largest absolute Gasteiger partial charge is 0.444 e. The number of carbonyl (C=O) groups excluding carboxylic acids is 2. The van der Waals surface area contributed by atoms with Crippen molar-refractivity contribution in [3.8, 4) is 0 Å². The molecule has 0 radical (unpaired) electrons. The molecule has 2 heterocycles. The molecule has 138 valence electrons. The van der Waals surface area contributed by atoms with Crippen LogP contribution in [0, 0.1) is 0 Å². The van der Waals surface area contributed by atoms with Crippen molar-refractivity contribution >= 4 is 23.6 Å². The Balaban J connectivity index is 1.96. The third-order valence-electron chi connectivity index (χ3n) is 4.08. The molecule has 1 unspecified atom stereocenters. The molecule has 1 aliphatic heterocycles. The maximum atomic E-state index is 12.6. The second-order valence-electron chi connectivity index (χ2n) is 7.21. The van der Waals surface area contributed by atoms with Crippen LogP contribution in [0.2, 0.25) is 5.28 Å². The first kappa shape index (κ1) is 19.4. The molecule has 1 atom stereocenters. The lowest BCUT2D eigenvalue weighted by Gasteiger charge is -2.28. The van der Waals surface area contributed by atoms with Crippen LogP contribution in [0.25, 0.3) is 0 Å². The highest BCUT2D eigenvalue weighted by molar-refractivity contribution is 6.28. The van der Waals surface area contributed by atoms with Gasteiger partial charge < -0.3 is 14.5 Å². The highest BCUT2D eigenvalue weighted by atomic mass is 35.5. The van der Waals surface area contributed by atoms with Gasteiger partial charge in [0.15, 0.2) is 0 Å². The van der Waals surface area contributed by atoms with E-state index in [1.165, 1.54) is 12.4 Å². The predicted molar refractivity (Wildman–Crippen MR) is 94.6 cm³/mol. The van der Waals surface area contributed by atoms with Gasteiger partial charge in [-0.3, -0.25) is 4.79 Å². The number of ether oxygens (including phenoxy) is 1. The number of likely N-dealkylation sites (tertiary alicyclic amines) is 1. The van der Waals surface area contributed by atoms with Crippen LogP contribution in [0.5, 0.6) is 0 Å². The fourth-order valence-electron chi connectivity index (χ4n) is 2.77. The van der Waals surface area contributed by atoms with Crippen LogP contribution in [0.3, 0.4) is 0 Å². The van der Waals surface area contributed by atoms with Gasteiger partial charge in [-0.1, -0.05) is 0 Å². The lowest BCUT2D eigenvalue weighted by atomic mass is 10.1. The third kappa shape index (κ3) is 5.56. The molecular weight excluding hydrogens is 344 g/mol. The summed E-state index contributed by atoms with van der Waals surface area (Å²) in [6, 6.07) is 0.0515. The average molecular weight is 369 g/mol. The van der Waals surface area contributed by atoms with Crippen molar-refractivity contribution in [2.45, 2.75) is 51.7 Å². The van der Waals surface area contributed by atoms with Gasteiger partial charge in [-0.2, -0.15) is 0 Å². The fourth-order valence-corrected chi connectivity index (χ4v) is 2.86. The van der Waals surface area contributed by atoms with Crippen molar-refractivity contribution in [1.29, 1.82) is 0 Å². The Morgan fingerprint density at radius 2 is 1.88 bits per heavy atom. The Labute approximate surface area is 153 Å². The molecule has 2 rings (SSSR count). The lowest BCUT2D eigenvalue weighted by molar-refractivity contribution is 0.0254. The maximum Gasteiger partial charge on any atom is 0.410 e. The van der Waals surface area contributed by atoms with Crippen LogP contribution in [0.4, 0.5) is 4.79 Å². The Bertz CT molecular complexity index is 615. The quantitative estimate of drug-likeness (QED) is 0.750. The first-order chi connectivity index (χ1) is 11.7. The summed E-state index contributed by atoms with van der Waals surface area (Å²) in [4.78, 5) is 35.9. The van der Waals surface area contributed by atoms with E-state index in [1.807, 2.05) is 20.8 Å². The second kappa shape index (κ2) is 7.99. The smallest absolute Gasteiger partial charge is 0.410 e. The molecule has 0 saturated carbocycles. The molecule has 2 amide bonds. The third-order valence-corrected chi connectivity index (χ3v) is 4.28. The summed E-state index contributed by atoms with van der Waals surface area (Å²) in [5.41, 5.74) is -0.107. The summed E-state index contributed by atoms with van der Waals surface area (Å²) in [5, 5.41) is 0.113. The van der Waals surface area contributed by atoms with E-state index in [9.17, 15) is 9.59 Å². The average Bonchev–Trinajstić information content (AvgIpc) is 2.78. The first-order valence-electron chi connectivity index (χ1n) is 8.40. The maximum absolute atomic E-state index is 12.6. The summed E-state index contributed by atoms with van der Waals surface area (Å²) in [6.45, 7) is 6.76. The summed E-state index contributed by atoms with van der Waals surface area (Å²) in [6.07, 6.45) is 4.91. The Morgan fingerprint density at radius 1 is 1.24 bits per heavy atom. The number of rotatable bonds is 2. The molecule has 1 aliphatic rings. The van der Waals surface area contributed by atoms with Crippen LogP contribution >= 0.6 is 11.6 Å². The molecule has 25 heavy (non-hydrogen) atoms. The Kier molecular flexibility index (Phi) is 6.21. The zero-order valence-corrected chi connectivity index (χ0v) is 15.9. The SMILES string of the molecule is CN(C(=O)c1cnc(Cl)nc1)C1CCCN(C(=O)OC(C)(C)C)CC1. The monoisotopic (exact) mass is 368 g/mol. The van der Waals surface area contributed by atoms with Crippen molar-refractivity contribution in [1.82, 2.24) is 19.8 Å². The normalized spacial score (nSPS) is 18.4. The van der Waals surface area contributed by atoms with Crippen LogP contribution in [-0.2, 0) is 4.74 Å². The van der Waals surface area contributed by atoms with Crippen molar-refractivity contribution < 1.29 is 14.3 Å². The van der Waals surface area contributed by atoms with Gasteiger partial charge in [0.05, 0.1) is 5.56 Å². The van der Waals surface area contributed by atoms with E-state index in [4.69, 9.17) is 16.3 Å². The van der Waals surface area contributed by atoms with Gasteiger partial charge in [-0.05, 0) is 51.6 Å². The van der Waals surface area contributed by atoms with Crippen LogP contribution in [0.1, 0.15) is 50.4 Å². The van der Waals surface area contributed by atoms with Gasteiger partial charge >= 0.3 is 6.09 Å². The zero-order chi connectivity index (χ0) is 18.6. The molecule has 0 aromatic carbocycles. The van der Waals surface area contributed by atoms with Gasteiger partial charge in [-0.25, -0.2) is 14.8 Å². The molecule has 1 saturated heterocycles. The lowest BCUT2D eigenvalue weighted by Crippen LogP contribution is -2.39. The van der Waals surface area contributed by atoms with E-state index in [-0.39, 0.29) is 23.3 Å². The molecule has 0 spiro atoms. The number of carbonyl (C=O) groups is 2. The summed E-state index contributed by atoms with van der Waals surface area (Å²) >= 11 is 5.66. The van der Waals surface area contributed by atoms with Crippen molar-refractivity contribution in [2.75, 3.05) is 20.1 Å². The number of halogens is 1. The van der Waals surface area contributed by atoms with Crippen LogP contribution < -0.4 is 0 Å². The summed E-state index contributed by atoms with van der Waals surface area (Å²) in [7, 11) is 1.77. The molecule has 8 heteroatoms. The van der Waals surface area contributed by atoms with Gasteiger partial charge in [0, 0.05) is 38.6 Å². The second-order valence-corrected chi connectivity index (χ2v) is 7.55. The number of hydrogen-bond acceptors (Lipinski definition) is 5. The van der Waals surface area contributed by atoms with Crippen molar-refractivity contribution in [3.63, 3.8) is 0 Å². The van der Waals surface area contributed by atoms with Gasteiger partial charge in [0.25, 0.3) is 5.91 Å². The topological polar surface area (TPSA) is 75.6 Å². The molecular formula is C17H25ClN4O3. The highest BCUT2D eigenvalue weighted by Gasteiger charge is 2.28. The van der Waals surface area contributed by atoms with Crippen LogP contribution in [-0.4, -0.2) is 63.5 Å². The number of aromatic nitrogens is 2. The van der Waals surface area contributed by atoms with Gasteiger partial charge in [0.2, 0.25) is 5.28 Å². The molecule has 0 N–H and O–H groups in total. The standard InChI is InChI=1S/C17H25ClN4O3/c1-17(2,3)25-16(24)22-8-5-6-13(7-9-22)21(4)14(23)12-10-19-15(18)20-11-12/h10-11,13H,5-9H2,1-4H3. The minimum atomic E-state index is -0.510. The predicted octanol–water partition coefficient (Wildman–Crippen LogP) is 2.99. The van der Waals surface area contributed by atoms with Gasteiger partial charge in [0.1, 0.15) is 5.60 Å². The molecule has 1 aromatic heterocycles. The molecule has 7 nitrogen and oxygen atoms in total. The van der Waals surface area contributed by atoms with Gasteiger partial charge in [-0.15, -0.1) is 0 Å². The van der Waals surface area contributed by atoms with E-state index in [0.29, 0.717) is 25.1 Å². The summed E-state index contributed by atoms with van der Waals surface area (Å²) < 4.78 is 5.43. The fraction of sp³-hybridized carbons (Fsp3) is 0.647. The van der Waals surface area contributed by atoms with E-state index in [1.54, 1.807) is 16.8 Å². The molecule has 0 bridgehead atoms. The highest BCUT2D eigenvalue weighted by Crippen LogP contribution is 2.19. The van der Waals surface area contributed by atoms with E-state index < -0.39 is 5.60 Å².